The van der Waals surface area contributed by atoms with Crippen LogP contribution in [0, 0.1) is 16.0 Å². The summed E-state index contributed by atoms with van der Waals surface area (Å²) in [7, 11) is 0. The molecule has 3 rings (SSSR count). The van der Waals surface area contributed by atoms with Crippen molar-refractivity contribution in [3.63, 3.8) is 0 Å². The van der Waals surface area contributed by atoms with Crippen LogP contribution in [0.5, 0.6) is 0 Å². The number of nitro benzene ring substituents is 1. The molecular formula is C21H29N5O5. The van der Waals surface area contributed by atoms with Crippen molar-refractivity contribution in [3.8, 4) is 0 Å². The molecule has 0 spiro atoms. The van der Waals surface area contributed by atoms with Gasteiger partial charge in [0.25, 0.3) is 11.2 Å². The summed E-state index contributed by atoms with van der Waals surface area (Å²) >= 11 is 0. The number of nitro groups is 1. The number of carbonyl (C=O) groups is 1. The molecule has 2 aromatic rings. The number of amides is 1. The van der Waals surface area contributed by atoms with Crippen LogP contribution in [-0.2, 0) is 4.74 Å². The summed E-state index contributed by atoms with van der Waals surface area (Å²) in [6.45, 7) is 5.63. The van der Waals surface area contributed by atoms with E-state index in [4.69, 9.17) is 4.74 Å². The lowest BCUT2D eigenvalue weighted by Crippen LogP contribution is -2.43. The first-order valence-electron chi connectivity index (χ1n) is 10.5. The predicted molar refractivity (Wildman–Crippen MR) is 117 cm³/mol. The van der Waals surface area contributed by atoms with Gasteiger partial charge in [0.15, 0.2) is 0 Å². The number of benzene rings is 1. The van der Waals surface area contributed by atoms with Crippen molar-refractivity contribution >= 4 is 28.4 Å². The average molecular weight is 431 g/mol. The number of anilines is 1. The predicted octanol–water partition coefficient (Wildman–Crippen LogP) is 3.72. The highest BCUT2D eigenvalue weighted by Crippen LogP contribution is 2.32. The number of aromatic amines is 1. The van der Waals surface area contributed by atoms with Gasteiger partial charge in [-0.15, -0.1) is 0 Å². The minimum atomic E-state index is -0.617. The zero-order valence-electron chi connectivity index (χ0n) is 18.1. The van der Waals surface area contributed by atoms with E-state index in [1.807, 2.05) is 0 Å². The van der Waals surface area contributed by atoms with Gasteiger partial charge in [-0.3, -0.25) is 14.9 Å². The van der Waals surface area contributed by atoms with Crippen LogP contribution in [0.25, 0.3) is 10.9 Å². The van der Waals surface area contributed by atoms with Crippen LogP contribution in [0.3, 0.4) is 0 Å². The topological polar surface area (TPSA) is 139 Å². The van der Waals surface area contributed by atoms with Crippen LogP contribution < -0.4 is 16.2 Å². The lowest BCUT2D eigenvalue weighted by Gasteiger charge is -2.32. The lowest BCUT2D eigenvalue weighted by molar-refractivity contribution is -0.383. The van der Waals surface area contributed by atoms with Crippen LogP contribution in [0.4, 0.5) is 16.2 Å². The molecule has 1 aliphatic rings. The SMILES string of the molecule is CC(C)(C)OC(=O)NC[C@H](Nc1cc2nc[nH]c(=O)c2cc1[N+](=O)[O-])C1CCCCC1. The van der Waals surface area contributed by atoms with E-state index in [0.29, 0.717) is 5.52 Å². The largest absolute Gasteiger partial charge is 0.444 e. The molecule has 0 unspecified atom stereocenters. The fraction of sp³-hybridized carbons (Fsp3) is 0.571. The molecule has 1 aromatic carbocycles. The standard InChI is InChI=1S/C21H29N5O5/c1-21(2,3)31-20(28)22-11-17(13-7-5-4-6-8-13)25-16-10-15-14(9-18(16)26(29)30)19(27)24-12-23-15/h9-10,12-13,17,25H,4-8,11H2,1-3H3,(H,22,28)(H,23,24,27)/t17-/m0/s1. The van der Waals surface area contributed by atoms with Crippen molar-refractivity contribution in [2.75, 3.05) is 11.9 Å². The Morgan fingerprint density at radius 1 is 1.32 bits per heavy atom. The zero-order chi connectivity index (χ0) is 22.6. The van der Waals surface area contributed by atoms with Crippen molar-refractivity contribution in [2.24, 2.45) is 5.92 Å². The first-order valence-corrected chi connectivity index (χ1v) is 10.5. The summed E-state index contributed by atoms with van der Waals surface area (Å²) in [6.07, 6.45) is 5.98. The number of nitrogens with one attached hydrogen (secondary N) is 3. The van der Waals surface area contributed by atoms with Crippen LogP contribution in [0.2, 0.25) is 0 Å². The molecule has 1 saturated carbocycles. The second-order valence-electron chi connectivity index (χ2n) is 8.91. The molecule has 1 atom stereocenters. The normalized spacial score (nSPS) is 16.0. The van der Waals surface area contributed by atoms with Gasteiger partial charge in [0, 0.05) is 18.7 Å². The molecular weight excluding hydrogens is 402 g/mol. The van der Waals surface area contributed by atoms with Gasteiger partial charge < -0.3 is 20.4 Å². The van der Waals surface area contributed by atoms with E-state index in [9.17, 15) is 19.7 Å². The fourth-order valence-corrected chi connectivity index (χ4v) is 3.95. The van der Waals surface area contributed by atoms with Gasteiger partial charge in [-0.1, -0.05) is 19.3 Å². The molecule has 1 amide bonds. The molecule has 31 heavy (non-hydrogen) atoms. The Hall–Kier alpha value is -3.17. The van der Waals surface area contributed by atoms with Gasteiger partial charge in [-0.2, -0.15) is 0 Å². The molecule has 0 saturated heterocycles. The fourth-order valence-electron chi connectivity index (χ4n) is 3.95. The lowest BCUT2D eigenvalue weighted by atomic mass is 9.83. The quantitative estimate of drug-likeness (QED) is 0.468. The number of rotatable bonds is 6. The maximum absolute atomic E-state index is 12.2. The van der Waals surface area contributed by atoms with Crippen molar-refractivity contribution in [1.82, 2.24) is 15.3 Å². The first kappa shape index (κ1) is 22.5. The third-order valence-electron chi connectivity index (χ3n) is 5.38. The van der Waals surface area contributed by atoms with Gasteiger partial charge in [0.05, 0.1) is 22.2 Å². The number of hydrogen-bond donors (Lipinski definition) is 3. The number of hydrogen-bond acceptors (Lipinski definition) is 7. The van der Waals surface area contributed by atoms with Crippen LogP contribution in [0.1, 0.15) is 52.9 Å². The zero-order valence-corrected chi connectivity index (χ0v) is 18.1. The van der Waals surface area contributed by atoms with Gasteiger partial charge in [0.1, 0.15) is 11.3 Å². The molecule has 10 heteroatoms. The maximum Gasteiger partial charge on any atom is 0.407 e. The van der Waals surface area contributed by atoms with E-state index >= 15 is 0 Å². The molecule has 0 bridgehead atoms. The molecule has 1 heterocycles. The minimum absolute atomic E-state index is 0.154. The average Bonchev–Trinajstić information content (AvgIpc) is 2.70. The number of carbonyl (C=O) groups excluding carboxylic acids is 1. The highest BCUT2D eigenvalue weighted by Gasteiger charge is 2.28. The number of ether oxygens (including phenoxy) is 1. The van der Waals surface area contributed by atoms with Gasteiger partial charge in [-0.25, -0.2) is 9.78 Å². The van der Waals surface area contributed by atoms with Crippen molar-refractivity contribution in [1.29, 1.82) is 0 Å². The third kappa shape index (κ3) is 5.93. The molecule has 1 aliphatic carbocycles. The highest BCUT2D eigenvalue weighted by atomic mass is 16.6. The number of nitrogens with zero attached hydrogens (tertiary/aromatic N) is 2. The van der Waals surface area contributed by atoms with Crippen molar-refractivity contribution < 1.29 is 14.5 Å². The first-order chi connectivity index (χ1) is 14.6. The third-order valence-corrected chi connectivity index (χ3v) is 5.38. The van der Waals surface area contributed by atoms with Crippen molar-refractivity contribution in [2.45, 2.75) is 64.5 Å². The minimum Gasteiger partial charge on any atom is -0.444 e. The highest BCUT2D eigenvalue weighted by molar-refractivity contribution is 5.86. The van der Waals surface area contributed by atoms with E-state index in [-0.39, 0.29) is 35.3 Å². The van der Waals surface area contributed by atoms with E-state index < -0.39 is 22.2 Å². The summed E-state index contributed by atoms with van der Waals surface area (Å²) in [5.74, 6) is 0.242. The van der Waals surface area contributed by atoms with E-state index in [1.165, 1.54) is 18.5 Å². The van der Waals surface area contributed by atoms with E-state index in [1.54, 1.807) is 20.8 Å². The number of fused-ring (bicyclic) bond motifs is 1. The Labute approximate surface area is 179 Å². The summed E-state index contributed by atoms with van der Waals surface area (Å²) in [6, 6.07) is 2.53. The maximum atomic E-state index is 12.2. The van der Waals surface area contributed by atoms with E-state index in [0.717, 1.165) is 32.1 Å². The Kier molecular flexibility index (Phi) is 6.77. The Morgan fingerprint density at radius 3 is 2.68 bits per heavy atom. The molecule has 168 valence electrons. The number of alkyl carbamates (subject to hydrolysis) is 1. The Morgan fingerprint density at radius 2 is 2.03 bits per heavy atom. The van der Waals surface area contributed by atoms with Gasteiger partial charge >= 0.3 is 6.09 Å². The second-order valence-corrected chi connectivity index (χ2v) is 8.91. The smallest absolute Gasteiger partial charge is 0.407 e. The molecule has 10 nitrogen and oxygen atoms in total. The summed E-state index contributed by atoms with van der Waals surface area (Å²) < 4.78 is 5.32. The Bertz CT molecular complexity index is 1010. The van der Waals surface area contributed by atoms with Crippen LogP contribution in [0.15, 0.2) is 23.3 Å². The number of H-pyrrole nitrogens is 1. The van der Waals surface area contributed by atoms with Crippen LogP contribution in [-0.4, -0.2) is 39.2 Å². The second kappa shape index (κ2) is 9.32. The van der Waals surface area contributed by atoms with Gasteiger partial charge in [0.2, 0.25) is 0 Å². The molecule has 1 fully saturated rings. The summed E-state index contributed by atoms with van der Waals surface area (Å²) in [4.78, 5) is 41.9. The van der Waals surface area contributed by atoms with E-state index in [2.05, 4.69) is 20.6 Å². The van der Waals surface area contributed by atoms with Crippen molar-refractivity contribution in [3.05, 3.63) is 38.9 Å². The molecule has 3 N–H and O–H groups in total. The van der Waals surface area contributed by atoms with Crippen LogP contribution >= 0.6 is 0 Å². The molecule has 0 aliphatic heterocycles. The monoisotopic (exact) mass is 431 g/mol. The summed E-state index contributed by atoms with van der Waals surface area (Å²) in [5, 5.41) is 17.9. The Balaban J connectivity index is 1.88. The van der Waals surface area contributed by atoms with Gasteiger partial charge in [-0.05, 0) is 45.6 Å². The molecule has 1 aromatic heterocycles. The molecule has 0 radical (unpaired) electrons. The summed E-state index contributed by atoms with van der Waals surface area (Å²) in [5.41, 5.74) is -0.621. The number of aromatic nitrogens is 2.